The molecule has 0 bridgehead atoms. The Hall–Kier alpha value is 0.399. The molecule has 4 heteroatoms. The normalized spacial score (nSPS) is 35.2. The standard InChI is InChI=1S/C14H27N3.Fe/c15-13-3-1-2-4-14(13)17-9-7-16(8-10-17)11-12-5-6-12;/h12-14H,1-11,15H2;. The SMILES string of the molecule is NC1CCCCC1N1CCN(CC2CC2)CC1.[Fe]. The van der Waals surface area contributed by atoms with Crippen LogP contribution in [-0.2, 0) is 17.1 Å². The van der Waals surface area contributed by atoms with Gasteiger partial charge in [0.15, 0.2) is 0 Å². The number of nitrogens with zero attached hydrogens (tertiary/aromatic N) is 2. The second-order valence-corrected chi connectivity index (χ2v) is 6.30. The van der Waals surface area contributed by atoms with Crippen molar-refractivity contribution in [2.24, 2.45) is 11.7 Å². The van der Waals surface area contributed by atoms with Gasteiger partial charge in [0.1, 0.15) is 0 Å². The number of rotatable bonds is 3. The van der Waals surface area contributed by atoms with E-state index >= 15 is 0 Å². The van der Waals surface area contributed by atoms with E-state index in [-0.39, 0.29) is 17.1 Å². The molecule has 2 saturated carbocycles. The van der Waals surface area contributed by atoms with Gasteiger partial charge in [0.25, 0.3) is 0 Å². The molecule has 0 amide bonds. The molecule has 3 fully saturated rings. The Morgan fingerprint density at radius 2 is 1.56 bits per heavy atom. The predicted octanol–water partition coefficient (Wildman–Crippen LogP) is 1.28. The summed E-state index contributed by atoms with van der Waals surface area (Å²) in [7, 11) is 0. The molecule has 1 saturated heterocycles. The van der Waals surface area contributed by atoms with E-state index in [0.717, 1.165) is 5.92 Å². The molecule has 0 aromatic carbocycles. The molecule has 0 radical (unpaired) electrons. The molecule has 3 nitrogen and oxygen atoms in total. The minimum absolute atomic E-state index is 0. The van der Waals surface area contributed by atoms with Gasteiger partial charge in [-0.1, -0.05) is 12.8 Å². The molecule has 2 unspecified atom stereocenters. The molecule has 0 aromatic rings. The fraction of sp³-hybridized carbons (Fsp3) is 1.00. The van der Waals surface area contributed by atoms with Gasteiger partial charge in [-0.3, -0.25) is 4.90 Å². The quantitative estimate of drug-likeness (QED) is 0.796. The summed E-state index contributed by atoms with van der Waals surface area (Å²) < 4.78 is 0. The number of piperazine rings is 1. The van der Waals surface area contributed by atoms with Crippen LogP contribution >= 0.6 is 0 Å². The molecular weight excluding hydrogens is 266 g/mol. The molecule has 3 aliphatic rings. The molecule has 0 aromatic heterocycles. The van der Waals surface area contributed by atoms with Gasteiger partial charge in [0, 0.05) is 61.9 Å². The van der Waals surface area contributed by atoms with Crippen LogP contribution in [-0.4, -0.2) is 54.6 Å². The summed E-state index contributed by atoms with van der Waals surface area (Å²) in [5, 5.41) is 0. The molecule has 2 N–H and O–H groups in total. The summed E-state index contributed by atoms with van der Waals surface area (Å²) in [5.74, 6) is 1.04. The van der Waals surface area contributed by atoms with Crippen LogP contribution in [0.15, 0.2) is 0 Å². The maximum atomic E-state index is 6.28. The van der Waals surface area contributed by atoms with E-state index in [1.807, 2.05) is 0 Å². The molecule has 0 spiro atoms. The molecule has 3 rings (SSSR count). The molecule has 1 aliphatic heterocycles. The Balaban J connectivity index is 0.00000120. The Bertz CT molecular complexity index is 249. The fourth-order valence-electron chi connectivity index (χ4n) is 3.54. The summed E-state index contributed by atoms with van der Waals surface area (Å²) in [6.45, 7) is 6.43. The first-order valence-corrected chi connectivity index (χ1v) is 7.55. The molecular formula is C14H27FeN3. The van der Waals surface area contributed by atoms with E-state index in [1.54, 1.807) is 0 Å². The number of hydrogen-bond acceptors (Lipinski definition) is 3. The first-order valence-electron chi connectivity index (χ1n) is 7.55. The van der Waals surface area contributed by atoms with Gasteiger partial charge >= 0.3 is 0 Å². The van der Waals surface area contributed by atoms with Gasteiger partial charge in [0.2, 0.25) is 0 Å². The van der Waals surface area contributed by atoms with E-state index in [0.29, 0.717) is 12.1 Å². The average molecular weight is 293 g/mol. The summed E-state index contributed by atoms with van der Waals surface area (Å²) in [5.41, 5.74) is 6.28. The minimum atomic E-state index is 0. The van der Waals surface area contributed by atoms with Crippen LogP contribution in [0.3, 0.4) is 0 Å². The fourth-order valence-corrected chi connectivity index (χ4v) is 3.54. The molecule has 1 heterocycles. The van der Waals surface area contributed by atoms with Crippen molar-refractivity contribution in [2.45, 2.75) is 50.6 Å². The molecule has 106 valence electrons. The van der Waals surface area contributed by atoms with Crippen LogP contribution < -0.4 is 5.73 Å². The van der Waals surface area contributed by atoms with E-state index in [9.17, 15) is 0 Å². The van der Waals surface area contributed by atoms with Crippen molar-refractivity contribution in [3.05, 3.63) is 0 Å². The third kappa shape index (κ3) is 3.70. The van der Waals surface area contributed by atoms with Crippen LogP contribution in [0.4, 0.5) is 0 Å². The Morgan fingerprint density at radius 3 is 2.17 bits per heavy atom. The maximum Gasteiger partial charge on any atom is 0.0248 e. The Kier molecular flexibility index (Phi) is 5.52. The zero-order valence-electron chi connectivity index (χ0n) is 11.3. The first-order chi connectivity index (χ1) is 8.33. The maximum absolute atomic E-state index is 6.28. The van der Waals surface area contributed by atoms with Gasteiger partial charge in [-0.25, -0.2) is 0 Å². The van der Waals surface area contributed by atoms with Crippen molar-refractivity contribution in [1.82, 2.24) is 9.80 Å². The van der Waals surface area contributed by atoms with Gasteiger partial charge in [-0.05, 0) is 31.6 Å². The van der Waals surface area contributed by atoms with Gasteiger partial charge in [-0.2, -0.15) is 0 Å². The molecule has 18 heavy (non-hydrogen) atoms. The number of nitrogens with two attached hydrogens (primary N) is 1. The Morgan fingerprint density at radius 1 is 0.889 bits per heavy atom. The monoisotopic (exact) mass is 293 g/mol. The third-order valence-electron chi connectivity index (χ3n) is 4.87. The summed E-state index contributed by atoms with van der Waals surface area (Å²) in [6, 6.07) is 1.13. The van der Waals surface area contributed by atoms with Crippen LogP contribution in [0.1, 0.15) is 38.5 Å². The van der Waals surface area contributed by atoms with Crippen molar-refractivity contribution in [1.29, 1.82) is 0 Å². The second kappa shape index (κ2) is 6.71. The second-order valence-electron chi connectivity index (χ2n) is 6.30. The van der Waals surface area contributed by atoms with Crippen LogP contribution in [0.25, 0.3) is 0 Å². The van der Waals surface area contributed by atoms with Crippen LogP contribution in [0.5, 0.6) is 0 Å². The van der Waals surface area contributed by atoms with Gasteiger partial charge in [-0.15, -0.1) is 0 Å². The van der Waals surface area contributed by atoms with E-state index in [2.05, 4.69) is 9.80 Å². The molecule has 2 atom stereocenters. The van der Waals surface area contributed by atoms with Crippen LogP contribution in [0, 0.1) is 5.92 Å². The topological polar surface area (TPSA) is 32.5 Å². The van der Waals surface area contributed by atoms with Crippen molar-refractivity contribution >= 4 is 0 Å². The third-order valence-corrected chi connectivity index (χ3v) is 4.87. The summed E-state index contributed by atoms with van der Waals surface area (Å²) in [4.78, 5) is 5.34. The van der Waals surface area contributed by atoms with Crippen LogP contribution in [0.2, 0.25) is 0 Å². The Labute approximate surface area is 122 Å². The average Bonchev–Trinajstić information content (AvgIpc) is 3.15. The zero-order valence-corrected chi connectivity index (χ0v) is 12.4. The largest absolute Gasteiger partial charge is 0.326 e. The van der Waals surface area contributed by atoms with E-state index < -0.39 is 0 Å². The summed E-state index contributed by atoms with van der Waals surface area (Å²) in [6.07, 6.45) is 8.28. The minimum Gasteiger partial charge on any atom is -0.326 e. The molecule has 2 aliphatic carbocycles. The van der Waals surface area contributed by atoms with Gasteiger partial charge < -0.3 is 10.6 Å². The van der Waals surface area contributed by atoms with Crippen molar-refractivity contribution in [3.63, 3.8) is 0 Å². The summed E-state index contributed by atoms with van der Waals surface area (Å²) >= 11 is 0. The zero-order chi connectivity index (χ0) is 11.7. The van der Waals surface area contributed by atoms with Gasteiger partial charge in [0.05, 0.1) is 0 Å². The van der Waals surface area contributed by atoms with Crippen molar-refractivity contribution in [3.8, 4) is 0 Å². The van der Waals surface area contributed by atoms with E-state index in [1.165, 1.54) is 71.2 Å². The van der Waals surface area contributed by atoms with E-state index in [4.69, 9.17) is 5.73 Å². The smallest absolute Gasteiger partial charge is 0.0248 e. The van der Waals surface area contributed by atoms with Crippen molar-refractivity contribution < 1.29 is 17.1 Å². The number of hydrogen-bond donors (Lipinski definition) is 1. The first kappa shape index (κ1) is 14.8. The van der Waals surface area contributed by atoms with Crippen molar-refractivity contribution in [2.75, 3.05) is 32.7 Å². The predicted molar refractivity (Wildman–Crippen MR) is 71.0 cm³/mol.